The first kappa shape index (κ1) is 10.8. The van der Waals surface area contributed by atoms with Crippen molar-refractivity contribution >= 4 is 0 Å². The molecule has 0 saturated heterocycles. The molecule has 11 heavy (non-hydrogen) atoms. The topological polar surface area (TPSA) is 0 Å². The molecule has 0 nitrogen and oxygen atoms in total. The molecule has 0 bridgehead atoms. The Hall–Kier alpha value is -0.157. The van der Waals surface area contributed by atoms with Gasteiger partial charge < -0.3 is 0 Å². The van der Waals surface area contributed by atoms with Gasteiger partial charge in [0.25, 0.3) is 0 Å². The zero-order chi connectivity index (χ0) is 7.56. The predicted octanol–water partition coefficient (Wildman–Crippen LogP) is 2.58. The summed E-state index contributed by atoms with van der Waals surface area (Å²) in [6.45, 7) is 6.54. The summed E-state index contributed by atoms with van der Waals surface area (Å²) in [6, 6.07) is 8.71. The van der Waals surface area contributed by atoms with Crippen LogP contribution in [0.15, 0.2) is 24.3 Å². The first-order valence-electron chi connectivity index (χ1n) is 3.76. The quantitative estimate of drug-likeness (QED) is 0.659. The summed E-state index contributed by atoms with van der Waals surface area (Å²) >= 11 is 0. The fraction of sp³-hybridized carbons (Fsp3) is 0.400. The van der Waals surface area contributed by atoms with Crippen molar-refractivity contribution in [3.63, 3.8) is 0 Å². The second-order valence-corrected chi connectivity index (χ2v) is 3.07. The molecule has 64 valence electrons. The third kappa shape index (κ3) is 3.16. The Labute approximate surface area is 81.8 Å². The minimum atomic E-state index is 0. The van der Waals surface area contributed by atoms with Gasteiger partial charge in [0.05, 0.1) is 0 Å². The molecule has 0 fully saturated rings. The van der Waals surface area contributed by atoms with E-state index in [4.69, 9.17) is 0 Å². The predicted molar refractivity (Wildman–Crippen MR) is 48.1 cm³/mol. The Morgan fingerprint density at radius 3 is 1.82 bits per heavy atom. The number of rotatable bonds is 1. The monoisotopic (exact) mass is 238 g/mol. The Bertz CT molecular complexity index is 199. The molecule has 1 aromatic rings. The zero-order valence-electron chi connectivity index (χ0n) is 7.29. The first-order chi connectivity index (χ1) is 4.70. The van der Waals surface area contributed by atoms with E-state index in [1.54, 1.807) is 0 Å². The van der Waals surface area contributed by atoms with Crippen LogP contribution in [0, 0.1) is 6.92 Å². The number of hydrogen-bond donors (Lipinski definition) is 0. The fourth-order valence-electron chi connectivity index (χ4n) is 0.951. The summed E-state index contributed by atoms with van der Waals surface area (Å²) < 4.78 is 0. The van der Waals surface area contributed by atoms with E-state index in [0.717, 1.165) is 0 Å². The van der Waals surface area contributed by atoms with Crippen LogP contribution in [0.4, 0.5) is 0 Å². The standard InChI is InChI=1S/C10H14.Ru.2H/c1-8(2)10-6-4-9(3)5-7-10;;;/h4-8H,1-3H3;;;. The van der Waals surface area contributed by atoms with E-state index in [9.17, 15) is 0 Å². The summed E-state index contributed by atoms with van der Waals surface area (Å²) in [6.07, 6.45) is 0. The fourth-order valence-corrected chi connectivity index (χ4v) is 0.951. The Morgan fingerprint density at radius 1 is 1.00 bits per heavy atom. The van der Waals surface area contributed by atoms with E-state index >= 15 is 0 Å². The van der Waals surface area contributed by atoms with Crippen molar-refractivity contribution in [2.75, 3.05) is 0 Å². The first-order valence-corrected chi connectivity index (χ1v) is 3.76. The van der Waals surface area contributed by atoms with Crippen molar-refractivity contribution in [2.24, 2.45) is 0 Å². The zero-order valence-corrected chi connectivity index (χ0v) is 9.30. The van der Waals surface area contributed by atoms with E-state index < -0.39 is 0 Å². The van der Waals surface area contributed by atoms with E-state index in [1.807, 2.05) is 0 Å². The van der Waals surface area contributed by atoms with Crippen LogP contribution in [0.3, 0.4) is 0 Å². The Balaban J connectivity index is 0.000001000. The molecule has 1 aromatic carbocycles. The third-order valence-electron chi connectivity index (χ3n) is 1.74. The van der Waals surface area contributed by atoms with E-state index in [2.05, 4.69) is 45.0 Å². The van der Waals surface area contributed by atoms with E-state index in [1.165, 1.54) is 11.1 Å². The second kappa shape index (κ2) is 4.67. The van der Waals surface area contributed by atoms with Crippen molar-refractivity contribution in [1.29, 1.82) is 0 Å². The second-order valence-electron chi connectivity index (χ2n) is 3.07. The van der Waals surface area contributed by atoms with Crippen molar-refractivity contribution < 1.29 is 19.5 Å². The molecule has 0 aliphatic carbocycles. The van der Waals surface area contributed by atoms with Gasteiger partial charge >= 0.3 is 19.5 Å². The molecule has 0 aromatic heterocycles. The molecule has 0 spiro atoms. The van der Waals surface area contributed by atoms with Crippen LogP contribution >= 0.6 is 0 Å². The molecule has 0 N–H and O–H groups in total. The summed E-state index contributed by atoms with van der Waals surface area (Å²) in [5.41, 5.74) is 2.76. The van der Waals surface area contributed by atoms with Gasteiger partial charge in [-0.25, -0.2) is 0 Å². The van der Waals surface area contributed by atoms with Crippen LogP contribution in [0.1, 0.15) is 30.9 Å². The maximum absolute atomic E-state index is 2.21. The molecule has 0 saturated carbocycles. The molecule has 0 heterocycles. The summed E-state index contributed by atoms with van der Waals surface area (Å²) in [7, 11) is 0. The molecular weight excluding hydrogens is 221 g/mol. The maximum atomic E-state index is 2.21. The van der Waals surface area contributed by atoms with E-state index in [0.29, 0.717) is 5.92 Å². The average molecular weight is 237 g/mol. The minimum absolute atomic E-state index is 0. The molecule has 0 amide bonds. The van der Waals surface area contributed by atoms with Crippen LogP contribution in [0.2, 0.25) is 0 Å². The van der Waals surface area contributed by atoms with Gasteiger partial charge in [0.2, 0.25) is 0 Å². The molecule has 1 heteroatoms. The van der Waals surface area contributed by atoms with Crippen molar-refractivity contribution in [3.05, 3.63) is 35.4 Å². The third-order valence-corrected chi connectivity index (χ3v) is 1.74. The molecule has 0 aliphatic rings. The average Bonchev–Trinajstić information content (AvgIpc) is 1.88. The molecule has 0 radical (unpaired) electrons. The SMILES string of the molecule is Cc1ccc(C(C)C)cc1.[RuH2]. The van der Waals surface area contributed by atoms with Crippen LogP contribution in [0.5, 0.6) is 0 Å². The van der Waals surface area contributed by atoms with Gasteiger partial charge in [-0.3, -0.25) is 0 Å². The van der Waals surface area contributed by atoms with Crippen LogP contribution in [0.25, 0.3) is 0 Å². The molecule has 0 atom stereocenters. The number of aryl methyl sites for hydroxylation is 1. The van der Waals surface area contributed by atoms with Crippen molar-refractivity contribution in [2.45, 2.75) is 26.7 Å². The van der Waals surface area contributed by atoms with Gasteiger partial charge in [-0.05, 0) is 18.4 Å². The number of hydrogen-bond acceptors (Lipinski definition) is 0. The van der Waals surface area contributed by atoms with Gasteiger partial charge in [0.1, 0.15) is 0 Å². The van der Waals surface area contributed by atoms with Crippen molar-refractivity contribution in [3.8, 4) is 0 Å². The molecule has 0 unspecified atom stereocenters. The number of benzene rings is 1. The normalized spacial score (nSPS) is 9.45. The van der Waals surface area contributed by atoms with Crippen molar-refractivity contribution in [1.82, 2.24) is 0 Å². The van der Waals surface area contributed by atoms with Gasteiger partial charge in [-0.15, -0.1) is 0 Å². The molecule has 1 rings (SSSR count). The molecule has 0 aliphatic heterocycles. The molecular formula is C10H16Ru. The van der Waals surface area contributed by atoms with Gasteiger partial charge in [-0.2, -0.15) is 0 Å². The van der Waals surface area contributed by atoms with E-state index in [-0.39, 0.29) is 19.5 Å². The van der Waals surface area contributed by atoms with Crippen LogP contribution < -0.4 is 0 Å². The summed E-state index contributed by atoms with van der Waals surface area (Å²) in [4.78, 5) is 0. The van der Waals surface area contributed by atoms with Gasteiger partial charge in [-0.1, -0.05) is 43.7 Å². The Morgan fingerprint density at radius 2 is 1.45 bits per heavy atom. The van der Waals surface area contributed by atoms with Gasteiger partial charge in [0.15, 0.2) is 0 Å². The van der Waals surface area contributed by atoms with Crippen LogP contribution in [-0.2, 0) is 19.5 Å². The van der Waals surface area contributed by atoms with Gasteiger partial charge in [0, 0.05) is 0 Å². The Kier molecular flexibility index (Phi) is 4.60. The summed E-state index contributed by atoms with van der Waals surface area (Å²) in [5, 5.41) is 0. The summed E-state index contributed by atoms with van der Waals surface area (Å²) in [5.74, 6) is 0.653. The van der Waals surface area contributed by atoms with Crippen LogP contribution in [-0.4, -0.2) is 0 Å².